The largest absolute Gasteiger partial charge is 0.417 e. The first-order chi connectivity index (χ1) is 36.0. The summed E-state index contributed by atoms with van der Waals surface area (Å²) in [5, 5.41) is 18.3. The van der Waals surface area contributed by atoms with Crippen LogP contribution in [-0.2, 0) is 12.4 Å². The lowest BCUT2D eigenvalue weighted by molar-refractivity contribution is -0.142. The predicted molar refractivity (Wildman–Crippen MR) is 284 cm³/mol. The molecule has 11 heteroatoms. The maximum Gasteiger partial charge on any atom is 0.417 e. The molecule has 14 aromatic rings. The number of fused-ring (bicyclic) bond motifs is 14. The molecule has 0 saturated carbocycles. The van der Waals surface area contributed by atoms with Crippen molar-refractivity contribution in [2.45, 2.75) is 12.4 Å². The highest BCUT2D eigenvalue weighted by Crippen LogP contribution is 2.50. The van der Waals surface area contributed by atoms with Crippen molar-refractivity contribution >= 4 is 87.2 Å². The SMILES string of the molecule is N#Cc1c(-n2c3ccccc3c3ccc4c(c5ccccc5n4-c4ccccc4)c32)cc(-c2c(C(F)(F)F)cccc2C(F)(F)F)cc1-n1c2ccccc2c2ccc3c(c4ccccc4n3-c3ccccc3)c21. The second-order valence-corrected chi connectivity index (χ2v) is 18.5. The molecule has 0 amide bonds. The summed E-state index contributed by atoms with van der Waals surface area (Å²) in [6.07, 6.45) is -10.4. The molecule has 4 heterocycles. The van der Waals surface area contributed by atoms with Crippen LogP contribution in [0.4, 0.5) is 26.3 Å². The highest BCUT2D eigenvalue weighted by molar-refractivity contribution is 6.28. The smallest absolute Gasteiger partial charge is 0.309 e. The van der Waals surface area contributed by atoms with Crippen LogP contribution in [0.1, 0.15) is 16.7 Å². The Labute approximate surface area is 416 Å². The van der Waals surface area contributed by atoms with Gasteiger partial charge in [0, 0.05) is 60.0 Å². The van der Waals surface area contributed by atoms with Crippen LogP contribution < -0.4 is 0 Å². The number of aromatic nitrogens is 4. The molecule has 10 aromatic carbocycles. The maximum atomic E-state index is 15.5. The molecule has 74 heavy (non-hydrogen) atoms. The number of nitrogens with zero attached hydrogens (tertiary/aromatic N) is 5. The molecular formula is C63H35F6N5. The summed E-state index contributed by atoms with van der Waals surface area (Å²) >= 11 is 0. The third-order valence-corrected chi connectivity index (χ3v) is 14.6. The van der Waals surface area contributed by atoms with Crippen LogP contribution in [0.2, 0.25) is 0 Å². The van der Waals surface area contributed by atoms with Crippen LogP contribution in [-0.4, -0.2) is 18.3 Å². The number of halogens is 6. The summed E-state index contributed by atoms with van der Waals surface area (Å²) in [5.74, 6) is 0. The quantitative estimate of drug-likeness (QED) is 0.159. The van der Waals surface area contributed by atoms with Gasteiger partial charge >= 0.3 is 12.4 Å². The Balaban J connectivity index is 1.22. The Kier molecular flexibility index (Phi) is 9.20. The van der Waals surface area contributed by atoms with E-state index in [1.54, 1.807) is 0 Å². The van der Waals surface area contributed by atoms with E-state index in [9.17, 15) is 5.26 Å². The van der Waals surface area contributed by atoms with Crippen LogP contribution >= 0.6 is 0 Å². The lowest BCUT2D eigenvalue weighted by atomic mass is 9.91. The van der Waals surface area contributed by atoms with Crippen molar-refractivity contribution in [1.82, 2.24) is 18.3 Å². The molecule has 0 aliphatic carbocycles. The Morgan fingerprint density at radius 1 is 0.338 bits per heavy atom. The number of rotatable bonds is 5. The summed E-state index contributed by atoms with van der Waals surface area (Å²) in [6, 6.07) is 66.1. The number of hydrogen-bond acceptors (Lipinski definition) is 1. The summed E-state index contributed by atoms with van der Waals surface area (Å²) in [6.45, 7) is 0. The fourth-order valence-electron chi connectivity index (χ4n) is 11.8. The van der Waals surface area contributed by atoms with Gasteiger partial charge in [0.15, 0.2) is 0 Å². The Bertz CT molecular complexity index is 4410. The minimum atomic E-state index is -5.21. The van der Waals surface area contributed by atoms with Crippen molar-refractivity contribution in [2.75, 3.05) is 0 Å². The Hall–Kier alpha value is -9.53. The van der Waals surface area contributed by atoms with Gasteiger partial charge in [-0.15, -0.1) is 0 Å². The molecule has 4 aromatic heterocycles. The number of benzene rings is 10. The average Bonchev–Trinajstić information content (AvgIpc) is 4.15. The molecule has 0 radical (unpaired) electrons. The second-order valence-electron chi connectivity index (χ2n) is 18.5. The van der Waals surface area contributed by atoms with Gasteiger partial charge in [0.25, 0.3) is 0 Å². The molecular weight excluding hydrogens is 941 g/mol. The lowest BCUT2D eigenvalue weighted by Crippen LogP contribution is -2.15. The van der Waals surface area contributed by atoms with Gasteiger partial charge in [-0.2, -0.15) is 31.6 Å². The molecule has 0 spiro atoms. The molecule has 0 aliphatic heterocycles. The average molecular weight is 976 g/mol. The van der Waals surface area contributed by atoms with E-state index >= 15 is 26.3 Å². The third-order valence-electron chi connectivity index (χ3n) is 14.6. The molecule has 0 fully saturated rings. The highest BCUT2D eigenvalue weighted by Gasteiger charge is 2.42. The first-order valence-electron chi connectivity index (χ1n) is 23.9. The molecule has 0 unspecified atom stereocenters. The van der Waals surface area contributed by atoms with Crippen LogP contribution in [0.25, 0.3) is 121 Å². The van der Waals surface area contributed by atoms with E-state index in [1.165, 1.54) is 12.1 Å². The Morgan fingerprint density at radius 3 is 1.09 bits per heavy atom. The van der Waals surface area contributed by atoms with Crippen molar-refractivity contribution in [1.29, 1.82) is 5.26 Å². The Morgan fingerprint density at radius 2 is 0.703 bits per heavy atom. The highest BCUT2D eigenvalue weighted by atomic mass is 19.4. The zero-order valence-electron chi connectivity index (χ0n) is 38.7. The van der Waals surface area contributed by atoms with Crippen molar-refractivity contribution in [3.05, 3.63) is 229 Å². The van der Waals surface area contributed by atoms with Crippen molar-refractivity contribution < 1.29 is 26.3 Å². The van der Waals surface area contributed by atoms with Crippen molar-refractivity contribution in [2.24, 2.45) is 0 Å². The third kappa shape index (κ3) is 6.12. The monoisotopic (exact) mass is 975 g/mol. The van der Waals surface area contributed by atoms with E-state index in [4.69, 9.17) is 0 Å². The summed E-state index contributed by atoms with van der Waals surface area (Å²) in [7, 11) is 0. The van der Waals surface area contributed by atoms with E-state index < -0.39 is 29.0 Å². The molecule has 14 rings (SSSR count). The lowest BCUT2D eigenvalue weighted by Gasteiger charge is -2.22. The molecule has 0 bridgehead atoms. The summed E-state index contributed by atoms with van der Waals surface area (Å²) in [5.41, 5.74) is 3.52. The number of alkyl halides is 6. The first kappa shape index (κ1) is 43.3. The van der Waals surface area contributed by atoms with Gasteiger partial charge in [-0.3, -0.25) is 0 Å². The maximum absolute atomic E-state index is 15.5. The van der Waals surface area contributed by atoms with Crippen LogP contribution in [0.15, 0.2) is 212 Å². The number of nitriles is 1. The molecule has 0 N–H and O–H groups in total. The summed E-state index contributed by atoms with van der Waals surface area (Å²) < 4.78 is 101. The van der Waals surface area contributed by atoms with Gasteiger partial charge in [-0.1, -0.05) is 127 Å². The van der Waals surface area contributed by atoms with E-state index in [0.717, 1.165) is 82.6 Å². The van der Waals surface area contributed by atoms with Crippen molar-refractivity contribution in [3.8, 4) is 39.9 Å². The van der Waals surface area contributed by atoms with Gasteiger partial charge < -0.3 is 18.3 Å². The minimum Gasteiger partial charge on any atom is -0.309 e. The molecule has 0 saturated heterocycles. The fourth-order valence-corrected chi connectivity index (χ4v) is 11.8. The summed E-state index contributed by atoms with van der Waals surface area (Å²) in [4.78, 5) is 0. The van der Waals surface area contributed by atoms with Gasteiger partial charge in [0.2, 0.25) is 0 Å². The number of hydrogen-bond donors (Lipinski definition) is 0. The van der Waals surface area contributed by atoms with Crippen LogP contribution in [0, 0.1) is 11.3 Å². The van der Waals surface area contributed by atoms with Gasteiger partial charge in [0.1, 0.15) is 11.6 Å². The van der Waals surface area contributed by atoms with E-state index in [1.807, 2.05) is 191 Å². The zero-order valence-corrected chi connectivity index (χ0v) is 38.7. The standard InChI is InChI=1S/C63H35F6N5/c64-62(65,66)47-24-15-25-48(63(67,68)69)57(47)37-34-55(73-49-26-11-7-20-40(49)42-30-32-53-58(60(42)73)44-22-9-13-28-51(44)71(53)38-16-3-1-4-17-38)46(36-70)56(35-37)74-50-27-12-8-21-41(50)43-31-33-54-59(61(43)74)45-23-10-14-29-52(45)72(54)39-18-5-2-6-19-39/h1-35H. The molecule has 0 aliphatic rings. The first-order valence-corrected chi connectivity index (χ1v) is 23.9. The molecule has 5 nitrogen and oxygen atoms in total. The van der Waals surface area contributed by atoms with E-state index in [0.29, 0.717) is 34.2 Å². The molecule has 354 valence electrons. The topological polar surface area (TPSA) is 43.5 Å². The minimum absolute atomic E-state index is 0.0321. The van der Waals surface area contributed by atoms with Gasteiger partial charge in [-0.25, -0.2) is 0 Å². The van der Waals surface area contributed by atoms with Crippen LogP contribution in [0.3, 0.4) is 0 Å². The van der Waals surface area contributed by atoms with Gasteiger partial charge in [0.05, 0.1) is 66.6 Å². The fraction of sp³-hybridized carbons (Fsp3) is 0.0317. The molecule has 0 atom stereocenters. The van der Waals surface area contributed by atoms with E-state index in [2.05, 4.69) is 15.2 Å². The van der Waals surface area contributed by atoms with E-state index in [-0.39, 0.29) is 22.5 Å². The normalized spacial score (nSPS) is 12.4. The predicted octanol–water partition coefficient (Wildman–Crippen LogP) is 17.7. The number of para-hydroxylation sites is 6. The van der Waals surface area contributed by atoms with Crippen LogP contribution in [0.5, 0.6) is 0 Å². The van der Waals surface area contributed by atoms with Crippen molar-refractivity contribution in [3.63, 3.8) is 0 Å². The zero-order chi connectivity index (χ0) is 50.2. The van der Waals surface area contributed by atoms with Gasteiger partial charge in [-0.05, 0) is 90.5 Å². The second kappa shape index (κ2) is 15.7.